The molecule has 104 valence electrons. The molecule has 0 saturated heterocycles. The number of aromatic nitrogens is 1. The summed E-state index contributed by atoms with van der Waals surface area (Å²) in [6.07, 6.45) is 2.58. The molecule has 4 nitrogen and oxygen atoms in total. The lowest BCUT2D eigenvalue weighted by molar-refractivity contribution is 0.0697. The highest BCUT2D eigenvalue weighted by Crippen LogP contribution is 2.36. The van der Waals surface area contributed by atoms with Gasteiger partial charge in [-0.2, -0.15) is 0 Å². The summed E-state index contributed by atoms with van der Waals surface area (Å²) in [6.45, 7) is 2.97. The van der Waals surface area contributed by atoms with Crippen LogP contribution >= 0.6 is 0 Å². The monoisotopic (exact) mass is 270 g/mol. The molecule has 1 saturated carbocycles. The zero-order chi connectivity index (χ0) is 14.1. The van der Waals surface area contributed by atoms with E-state index in [2.05, 4.69) is 17.2 Å². The lowest BCUT2D eigenvalue weighted by Crippen LogP contribution is -2.16. The number of pyridine rings is 1. The zero-order valence-electron chi connectivity index (χ0n) is 11.5. The number of para-hydroxylation sites is 1. The van der Waals surface area contributed by atoms with Crippen molar-refractivity contribution >= 4 is 22.7 Å². The fraction of sp³-hybridized carbons (Fsp3) is 0.375. The molecule has 1 aromatic carbocycles. The first-order chi connectivity index (χ1) is 9.65. The minimum absolute atomic E-state index is 0.242. The largest absolute Gasteiger partial charge is 0.478 e. The van der Waals surface area contributed by atoms with Crippen molar-refractivity contribution in [2.75, 3.05) is 11.9 Å². The number of carbonyl (C=O) groups is 1. The third kappa shape index (κ3) is 2.59. The van der Waals surface area contributed by atoms with Crippen molar-refractivity contribution in [1.82, 2.24) is 4.98 Å². The molecular formula is C16H18N2O2. The molecule has 1 aromatic heterocycles. The Morgan fingerprint density at radius 3 is 2.90 bits per heavy atom. The minimum atomic E-state index is -0.940. The van der Waals surface area contributed by atoms with Crippen LogP contribution in [0, 0.1) is 11.8 Å². The molecule has 1 heterocycles. The Kier molecular flexibility index (Phi) is 3.30. The number of nitrogens with one attached hydrogen (secondary N) is 1. The van der Waals surface area contributed by atoms with E-state index < -0.39 is 5.97 Å². The highest BCUT2D eigenvalue weighted by molar-refractivity contribution is 5.98. The summed E-state index contributed by atoms with van der Waals surface area (Å²) in [5, 5.41) is 13.4. The van der Waals surface area contributed by atoms with E-state index in [-0.39, 0.29) is 5.56 Å². The molecular weight excluding hydrogens is 252 g/mol. The number of carboxylic acids is 1. The van der Waals surface area contributed by atoms with Gasteiger partial charge in [-0.15, -0.1) is 0 Å². The molecule has 1 unspecified atom stereocenters. The second-order valence-corrected chi connectivity index (χ2v) is 5.58. The molecule has 0 amide bonds. The lowest BCUT2D eigenvalue weighted by atomic mass is 10.1. The summed E-state index contributed by atoms with van der Waals surface area (Å²) < 4.78 is 0. The Bertz CT molecular complexity index is 650. The van der Waals surface area contributed by atoms with E-state index in [0.717, 1.165) is 23.4 Å². The maximum absolute atomic E-state index is 11.4. The van der Waals surface area contributed by atoms with Crippen molar-refractivity contribution in [2.24, 2.45) is 11.8 Å². The smallest absolute Gasteiger partial charge is 0.339 e. The summed E-state index contributed by atoms with van der Waals surface area (Å²) in [5.41, 5.74) is 1.06. The third-order valence-electron chi connectivity index (χ3n) is 3.97. The fourth-order valence-electron chi connectivity index (χ4n) is 2.50. The highest BCUT2D eigenvalue weighted by atomic mass is 16.4. The van der Waals surface area contributed by atoms with Crippen molar-refractivity contribution in [2.45, 2.75) is 19.8 Å². The first-order valence-corrected chi connectivity index (χ1v) is 7.02. The SMILES string of the molecule is CC(CNc1nc2ccccc2cc1C(=O)O)C1CC1. The van der Waals surface area contributed by atoms with Crippen LogP contribution in [0.4, 0.5) is 5.82 Å². The lowest BCUT2D eigenvalue weighted by Gasteiger charge is -2.14. The van der Waals surface area contributed by atoms with Crippen molar-refractivity contribution in [3.63, 3.8) is 0 Å². The van der Waals surface area contributed by atoms with E-state index in [4.69, 9.17) is 0 Å². The fourth-order valence-corrected chi connectivity index (χ4v) is 2.50. The van der Waals surface area contributed by atoms with Crippen molar-refractivity contribution in [3.8, 4) is 0 Å². The van der Waals surface area contributed by atoms with Crippen molar-refractivity contribution < 1.29 is 9.90 Å². The Morgan fingerprint density at radius 2 is 2.20 bits per heavy atom. The highest BCUT2D eigenvalue weighted by Gasteiger charge is 2.27. The number of carboxylic acid groups (broad SMARTS) is 1. The van der Waals surface area contributed by atoms with Crippen LogP contribution in [0.1, 0.15) is 30.1 Å². The molecule has 1 aliphatic carbocycles. The number of nitrogens with zero attached hydrogens (tertiary/aromatic N) is 1. The maximum atomic E-state index is 11.4. The van der Waals surface area contributed by atoms with Gasteiger partial charge in [0, 0.05) is 11.9 Å². The summed E-state index contributed by atoms with van der Waals surface area (Å²) in [6, 6.07) is 9.26. The van der Waals surface area contributed by atoms with Gasteiger partial charge in [-0.25, -0.2) is 9.78 Å². The predicted molar refractivity (Wildman–Crippen MR) is 79.1 cm³/mol. The number of benzene rings is 1. The van der Waals surface area contributed by atoms with Crippen LogP contribution < -0.4 is 5.32 Å². The zero-order valence-corrected chi connectivity index (χ0v) is 11.5. The molecule has 0 aliphatic heterocycles. The van der Waals surface area contributed by atoms with Crippen molar-refractivity contribution in [1.29, 1.82) is 0 Å². The molecule has 3 rings (SSSR count). The molecule has 2 N–H and O–H groups in total. The molecule has 0 radical (unpaired) electrons. The van der Waals surface area contributed by atoms with E-state index in [1.54, 1.807) is 6.07 Å². The molecule has 1 fully saturated rings. The molecule has 0 bridgehead atoms. The van der Waals surface area contributed by atoms with Gasteiger partial charge < -0.3 is 10.4 Å². The topological polar surface area (TPSA) is 62.2 Å². The van der Waals surface area contributed by atoms with Crippen LogP contribution in [-0.4, -0.2) is 22.6 Å². The van der Waals surface area contributed by atoms with Gasteiger partial charge in [0.2, 0.25) is 0 Å². The summed E-state index contributed by atoms with van der Waals surface area (Å²) >= 11 is 0. The van der Waals surface area contributed by atoms with Gasteiger partial charge in [-0.1, -0.05) is 25.1 Å². The number of rotatable bonds is 5. The normalized spacial score (nSPS) is 16.1. The standard InChI is InChI=1S/C16H18N2O2/c1-10(11-6-7-11)9-17-15-13(16(19)20)8-12-4-2-3-5-14(12)18-15/h2-5,8,10-11H,6-7,9H2,1H3,(H,17,18)(H,19,20). The first-order valence-electron chi connectivity index (χ1n) is 7.02. The first kappa shape index (κ1) is 12.9. The number of anilines is 1. The van der Waals surface area contributed by atoms with Gasteiger partial charge in [-0.3, -0.25) is 0 Å². The Morgan fingerprint density at radius 1 is 1.45 bits per heavy atom. The Labute approximate surface area is 117 Å². The van der Waals surface area contributed by atoms with E-state index in [1.807, 2.05) is 24.3 Å². The van der Waals surface area contributed by atoms with Gasteiger partial charge in [0.15, 0.2) is 0 Å². The maximum Gasteiger partial charge on any atom is 0.339 e. The van der Waals surface area contributed by atoms with Gasteiger partial charge >= 0.3 is 5.97 Å². The van der Waals surface area contributed by atoms with Gasteiger partial charge in [0.25, 0.3) is 0 Å². The number of aromatic carboxylic acids is 1. The van der Waals surface area contributed by atoms with E-state index in [1.165, 1.54) is 12.8 Å². The minimum Gasteiger partial charge on any atom is -0.478 e. The molecule has 4 heteroatoms. The molecule has 1 atom stereocenters. The number of hydrogen-bond acceptors (Lipinski definition) is 3. The molecule has 2 aromatic rings. The van der Waals surface area contributed by atoms with Crippen molar-refractivity contribution in [3.05, 3.63) is 35.9 Å². The third-order valence-corrected chi connectivity index (χ3v) is 3.97. The summed E-state index contributed by atoms with van der Waals surface area (Å²) in [4.78, 5) is 15.8. The second kappa shape index (κ2) is 5.12. The number of fused-ring (bicyclic) bond motifs is 1. The van der Waals surface area contributed by atoms with Crippen LogP contribution in [0.25, 0.3) is 10.9 Å². The van der Waals surface area contributed by atoms with E-state index in [9.17, 15) is 9.90 Å². The van der Waals surface area contributed by atoms with E-state index >= 15 is 0 Å². The van der Waals surface area contributed by atoms with Crippen LogP contribution in [0.3, 0.4) is 0 Å². The van der Waals surface area contributed by atoms with Gasteiger partial charge in [0.1, 0.15) is 11.4 Å². The average Bonchev–Trinajstić information content (AvgIpc) is 3.28. The average molecular weight is 270 g/mol. The Hall–Kier alpha value is -2.10. The van der Waals surface area contributed by atoms with Crippen LogP contribution in [0.5, 0.6) is 0 Å². The second-order valence-electron chi connectivity index (χ2n) is 5.58. The van der Waals surface area contributed by atoms with Gasteiger partial charge in [-0.05, 0) is 36.8 Å². The van der Waals surface area contributed by atoms with E-state index in [0.29, 0.717) is 11.7 Å². The summed E-state index contributed by atoms with van der Waals surface area (Å²) in [5.74, 6) is 0.884. The summed E-state index contributed by atoms with van der Waals surface area (Å²) in [7, 11) is 0. The quantitative estimate of drug-likeness (QED) is 0.874. The molecule has 1 aliphatic rings. The number of hydrogen-bond donors (Lipinski definition) is 2. The van der Waals surface area contributed by atoms with Crippen LogP contribution in [0.2, 0.25) is 0 Å². The molecule has 20 heavy (non-hydrogen) atoms. The van der Waals surface area contributed by atoms with Crippen LogP contribution in [-0.2, 0) is 0 Å². The van der Waals surface area contributed by atoms with Gasteiger partial charge in [0.05, 0.1) is 5.52 Å². The molecule has 0 spiro atoms. The predicted octanol–water partition coefficient (Wildman–Crippen LogP) is 3.39. The van der Waals surface area contributed by atoms with Crippen LogP contribution in [0.15, 0.2) is 30.3 Å². The Balaban J connectivity index is 1.90.